The molecule has 114 valence electrons. The molecule has 3 nitrogen and oxygen atoms in total. The van der Waals surface area contributed by atoms with Gasteiger partial charge in [-0.2, -0.15) is 0 Å². The first-order valence-electron chi connectivity index (χ1n) is 7.64. The Balaban J connectivity index is 2.02. The van der Waals surface area contributed by atoms with E-state index < -0.39 is 0 Å². The van der Waals surface area contributed by atoms with Gasteiger partial charge in [0.25, 0.3) is 0 Å². The smallest absolute Gasteiger partial charge is 0.345 e. The lowest BCUT2D eigenvalue weighted by Crippen LogP contribution is -2.05. The summed E-state index contributed by atoms with van der Waals surface area (Å²) in [6, 6.07) is 16.2. The molecule has 0 N–H and O–H groups in total. The molecule has 0 unspecified atom stereocenters. The van der Waals surface area contributed by atoms with Gasteiger partial charge in [0, 0.05) is 23.3 Å². The molecule has 2 aromatic heterocycles. The summed E-state index contributed by atoms with van der Waals surface area (Å²) in [5, 5.41) is 2.07. The second kappa shape index (κ2) is 4.85. The summed E-state index contributed by atoms with van der Waals surface area (Å²) >= 11 is 0. The minimum atomic E-state index is -0.300. The molecule has 2 heterocycles. The fourth-order valence-electron chi connectivity index (χ4n) is 3.12. The van der Waals surface area contributed by atoms with Crippen molar-refractivity contribution in [1.29, 1.82) is 0 Å². The van der Waals surface area contributed by atoms with Crippen LogP contribution >= 0.6 is 0 Å². The summed E-state index contributed by atoms with van der Waals surface area (Å²) in [4.78, 5) is 12.5. The van der Waals surface area contributed by atoms with Crippen LogP contribution in [-0.4, -0.2) is 4.57 Å². The molecule has 0 atom stereocenters. The van der Waals surface area contributed by atoms with Crippen molar-refractivity contribution in [3.63, 3.8) is 0 Å². The number of fused-ring (bicyclic) bond motifs is 2. The van der Waals surface area contributed by atoms with Gasteiger partial charge in [-0.25, -0.2) is 4.79 Å². The molecule has 0 fully saturated rings. The summed E-state index contributed by atoms with van der Waals surface area (Å²) in [5.74, 6) is 0. The second-order valence-corrected chi connectivity index (χ2v) is 6.14. The minimum absolute atomic E-state index is 0.300. The van der Waals surface area contributed by atoms with Gasteiger partial charge >= 0.3 is 5.63 Å². The Morgan fingerprint density at radius 2 is 1.61 bits per heavy atom. The third kappa shape index (κ3) is 2.16. The molecule has 3 heteroatoms. The van der Waals surface area contributed by atoms with Crippen LogP contribution in [0.25, 0.3) is 33.1 Å². The van der Waals surface area contributed by atoms with Gasteiger partial charge in [0.15, 0.2) is 0 Å². The first kappa shape index (κ1) is 13.8. The Kier molecular flexibility index (Phi) is 2.91. The van der Waals surface area contributed by atoms with Crippen LogP contribution in [0.3, 0.4) is 0 Å². The number of aryl methyl sites for hydroxylation is 3. The van der Waals surface area contributed by atoms with Gasteiger partial charge in [-0.15, -0.1) is 0 Å². The summed E-state index contributed by atoms with van der Waals surface area (Å²) in [6.45, 7) is 4.05. The van der Waals surface area contributed by atoms with E-state index in [1.807, 2.05) is 42.8 Å². The second-order valence-electron chi connectivity index (χ2n) is 6.14. The van der Waals surface area contributed by atoms with Crippen molar-refractivity contribution in [1.82, 2.24) is 4.57 Å². The Morgan fingerprint density at radius 1 is 0.870 bits per heavy atom. The van der Waals surface area contributed by atoms with Crippen LogP contribution in [0.1, 0.15) is 11.1 Å². The predicted octanol–water partition coefficient (Wildman–Crippen LogP) is 4.57. The number of nitrogens with zero attached hydrogens (tertiary/aromatic N) is 1. The highest BCUT2D eigenvalue weighted by Crippen LogP contribution is 2.28. The maximum atomic E-state index is 12.5. The number of aromatic nitrogens is 1. The number of rotatable bonds is 1. The first-order valence-corrected chi connectivity index (χ1v) is 7.64. The van der Waals surface area contributed by atoms with Gasteiger partial charge in [-0.05, 0) is 49.7 Å². The summed E-state index contributed by atoms with van der Waals surface area (Å²) in [5.41, 5.74) is 5.19. The van der Waals surface area contributed by atoms with Crippen LogP contribution in [-0.2, 0) is 7.05 Å². The average Bonchev–Trinajstić information content (AvgIpc) is 2.82. The number of hydrogen-bond acceptors (Lipinski definition) is 2. The first-order chi connectivity index (χ1) is 11.0. The lowest BCUT2D eigenvalue weighted by atomic mass is 10.1. The van der Waals surface area contributed by atoms with Crippen LogP contribution in [0.5, 0.6) is 0 Å². The van der Waals surface area contributed by atoms with E-state index in [9.17, 15) is 4.79 Å². The molecule has 0 aliphatic heterocycles. The zero-order valence-corrected chi connectivity index (χ0v) is 13.4. The third-order valence-corrected chi connectivity index (χ3v) is 4.37. The van der Waals surface area contributed by atoms with Crippen molar-refractivity contribution < 1.29 is 4.42 Å². The lowest BCUT2D eigenvalue weighted by Gasteiger charge is -2.05. The lowest BCUT2D eigenvalue weighted by molar-refractivity contribution is 0.562. The number of benzene rings is 2. The van der Waals surface area contributed by atoms with Crippen LogP contribution in [0.2, 0.25) is 0 Å². The zero-order valence-electron chi connectivity index (χ0n) is 13.4. The van der Waals surface area contributed by atoms with E-state index >= 15 is 0 Å². The Morgan fingerprint density at radius 3 is 2.43 bits per heavy atom. The molecule has 0 saturated heterocycles. The molecule has 2 aromatic carbocycles. The normalized spacial score (nSPS) is 11.4. The zero-order chi connectivity index (χ0) is 16.1. The Bertz CT molecular complexity index is 1120. The quantitative estimate of drug-likeness (QED) is 0.483. The molecule has 23 heavy (non-hydrogen) atoms. The minimum Gasteiger partial charge on any atom is -0.422 e. The molecule has 0 amide bonds. The van der Waals surface area contributed by atoms with Gasteiger partial charge in [-0.1, -0.05) is 23.8 Å². The van der Waals surface area contributed by atoms with Gasteiger partial charge < -0.3 is 8.98 Å². The fourth-order valence-corrected chi connectivity index (χ4v) is 3.12. The third-order valence-electron chi connectivity index (χ3n) is 4.37. The standard InChI is InChI=1S/C20H17NO2/c1-12-5-7-17-15(8-12)11-18(21(17)3)16-10-14-6-4-13(2)9-19(14)23-20(16)22/h4-11H,1-3H3. The molecule has 0 aliphatic carbocycles. The van der Waals surface area contributed by atoms with Crippen molar-refractivity contribution in [3.8, 4) is 11.3 Å². The van der Waals surface area contributed by atoms with Gasteiger partial charge in [0.05, 0.1) is 11.3 Å². The highest BCUT2D eigenvalue weighted by molar-refractivity contribution is 5.89. The van der Waals surface area contributed by atoms with E-state index in [0.717, 1.165) is 27.5 Å². The Hall–Kier alpha value is -2.81. The summed E-state index contributed by atoms with van der Waals surface area (Å²) in [6.07, 6.45) is 0. The van der Waals surface area contributed by atoms with Crippen molar-refractivity contribution in [2.75, 3.05) is 0 Å². The van der Waals surface area contributed by atoms with Crippen molar-refractivity contribution in [2.45, 2.75) is 13.8 Å². The molecular weight excluding hydrogens is 286 g/mol. The molecular formula is C20H17NO2. The van der Waals surface area contributed by atoms with E-state index in [1.165, 1.54) is 5.56 Å². The fraction of sp³-hybridized carbons (Fsp3) is 0.150. The molecule has 0 saturated carbocycles. The van der Waals surface area contributed by atoms with Crippen molar-refractivity contribution in [2.24, 2.45) is 7.05 Å². The monoisotopic (exact) mass is 303 g/mol. The van der Waals surface area contributed by atoms with Crippen molar-refractivity contribution >= 4 is 21.9 Å². The highest BCUT2D eigenvalue weighted by Gasteiger charge is 2.13. The molecule has 0 bridgehead atoms. The largest absolute Gasteiger partial charge is 0.422 e. The van der Waals surface area contributed by atoms with Gasteiger partial charge in [0.1, 0.15) is 5.58 Å². The molecule has 0 spiro atoms. The van der Waals surface area contributed by atoms with Gasteiger partial charge in [0.2, 0.25) is 0 Å². The van der Waals surface area contributed by atoms with Crippen molar-refractivity contribution in [3.05, 3.63) is 70.1 Å². The van der Waals surface area contributed by atoms with Crippen LogP contribution in [0.15, 0.2) is 57.7 Å². The highest BCUT2D eigenvalue weighted by atomic mass is 16.4. The van der Waals surface area contributed by atoms with E-state index in [1.54, 1.807) is 0 Å². The molecule has 0 radical (unpaired) electrons. The average molecular weight is 303 g/mol. The van der Waals surface area contributed by atoms with Gasteiger partial charge in [-0.3, -0.25) is 0 Å². The maximum Gasteiger partial charge on any atom is 0.345 e. The summed E-state index contributed by atoms with van der Waals surface area (Å²) in [7, 11) is 1.98. The van der Waals surface area contributed by atoms with E-state index in [-0.39, 0.29) is 5.63 Å². The molecule has 4 rings (SSSR count). The Labute approximate surface area is 133 Å². The van der Waals surface area contributed by atoms with E-state index in [2.05, 4.69) is 31.2 Å². The van der Waals surface area contributed by atoms with E-state index in [4.69, 9.17) is 4.42 Å². The van der Waals surface area contributed by atoms with Crippen LogP contribution in [0, 0.1) is 13.8 Å². The molecule has 0 aliphatic rings. The van der Waals surface area contributed by atoms with Crippen LogP contribution in [0.4, 0.5) is 0 Å². The topological polar surface area (TPSA) is 35.1 Å². The summed E-state index contributed by atoms with van der Waals surface area (Å²) < 4.78 is 7.58. The van der Waals surface area contributed by atoms with E-state index in [0.29, 0.717) is 11.1 Å². The molecule has 4 aromatic rings. The SMILES string of the molecule is Cc1ccc2c(c1)cc(-c1cc3ccc(C)cc3oc1=O)n2C. The maximum absolute atomic E-state index is 12.5. The number of hydrogen-bond donors (Lipinski definition) is 0. The predicted molar refractivity (Wildman–Crippen MR) is 93.9 cm³/mol. The van der Waals surface area contributed by atoms with Crippen LogP contribution < -0.4 is 5.63 Å².